The molecule has 0 fully saturated rings. The van der Waals surface area contributed by atoms with E-state index in [9.17, 15) is 9.90 Å². The number of aliphatic carboxylic acids is 1. The van der Waals surface area contributed by atoms with E-state index in [4.69, 9.17) is 23.2 Å². The summed E-state index contributed by atoms with van der Waals surface area (Å²) >= 11 is 9.94. The Hall–Kier alpha value is 0.01000. The van der Waals surface area contributed by atoms with Gasteiger partial charge in [0.05, 0.1) is 5.97 Å². The fourth-order valence-corrected chi connectivity index (χ4v) is 0. The molecule has 8 heavy (non-hydrogen) atoms. The molecule has 0 aliphatic carbocycles. The Morgan fingerprint density at radius 2 is 1.75 bits per heavy atom. The Labute approximate surface area is 57.2 Å². The number of alkyl halides is 2. The molecule has 0 radical (unpaired) electrons. The van der Waals surface area contributed by atoms with E-state index in [0.29, 0.717) is 0 Å². The zero-order chi connectivity index (χ0) is 6.08. The molecule has 0 aliphatic rings. The molecule has 0 heterocycles. The number of hydrogen-bond donors (Lipinski definition) is 1. The highest BCUT2D eigenvalue weighted by atomic mass is 35.5. The average Bonchev–Trinajstić information content (AvgIpc) is 1.31. The maximum atomic E-state index is 9.65. The lowest BCUT2D eigenvalue weighted by Crippen LogP contribution is -2.37. The van der Waals surface area contributed by atoms with Gasteiger partial charge < -0.3 is 16.1 Å². The van der Waals surface area contributed by atoms with Crippen LogP contribution in [0.25, 0.3) is 0 Å². The van der Waals surface area contributed by atoms with Crippen LogP contribution in [0, 0.1) is 0 Å². The van der Waals surface area contributed by atoms with Gasteiger partial charge in [0.2, 0.25) is 0 Å². The highest BCUT2D eigenvalue weighted by Crippen LogP contribution is 2.17. The Balaban J connectivity index is 0. The van der Waals surface area contributed by atoms with Gasteiger partial charge >= 0.3 is 0 Å². The maximum absolute atomic E-state index is 9.65. The van der Waals surface area contributed by atoms with Crippen molar-refractivity contribution in [3.05, 3.63) is 0 Å². The number of carboxylic acid groups (broad SMARTS) is 1. The Morgan fingerprint density at radius 3 is 1.75 bits per heavy atom. The first-order chi connectivity index (χ1) is 2.94. The number of quaternary nitrogens is 1. The van der Waals surface area contributed by atoms with Crippen LogP contribution in [0.4, 0.5) is 0 Å². The highest BCUT2D eigenvalue weighted by Gasteiger charge is 2.16. The van der Waals surface area contributed by atoms with E-state index in [1.165, 1.54) is 0 Å². The first-order valence-corrected chi connectivity index (χ1v) is 2.29. The van der Waals surface area contributed by atoms with Gasteiger partial charge in [-0.2, -0.15) is 0 Å². The van der Waals surface area contributed by atoms with Crippen molar-refractivity contribution in [3.63, 3.8) is 0 Å². The van der Waals surface area contributed by atoms with Gasteiger partial charge in [0.15, 0.2) is 4.33 Å². The summed E-state index contributed by atoms with van der Waals surface area (Å²) in [6.45, 7) is 1.13. The molecular formula is C3H7Cl2NO2. The molecule has 0 aromatic carbocycles. The van der Waals surface area contributed by atoms with Crippen molar-refractivity contribution in [2.75, 3.05) is 0 Å². The number of hydrogen-bond acceptors (Lipinski definition) is 2. The second-order valence-electron chi connectivity index (χ2n) is 1.18. The monoisotopic (exact) mass is 159 g/mol. The van der Waals surface area contributed by atoms with Crippen LogP contribution in [-0.2, 0) is 4.79 Å². The van der Waals surface area contributed by atoms with Crippen LogP contribution in [0.15, 0.2) is 0 Å². The summed E-state index contributed by atoms with van der Waals surface area (Å²) in [5.41, 5.74) is 0. The van der Waals surface area contributed by atoms with Crippen LogP contribution >= 0.6 is 23.2 Å². The molecule has 0 bridgehead atoms. The molecule has 4 N–H and O–H groups in total. The predicted octanol–water partition coefficient (Wildman–Crippen LogP) is 0.306. The molecule has 0 aromatic heterocycles. The molecule has 0 amide bonds. The molecule has 0 saturated carbocycles. The molecule has 0 rings (SSSR count). The lowest BCUT2D eigenvalue weighted by atomic mass is 10.5. The van der Waals surface area contributed by atoms with Crippen LogP contribution in [0.1, 0.15) is 6.92 Å². The fraction of sp³-hybridized carbons (Fsp3) is 0.667. The number of carboxylic acids is 1. The van der Waals surface area contributed by atoms with Crippen molar-refractivity contribution < 1.29 is 9.90 Å². The normalized spacial score (nSPS) is 9.88. The summed E-state index contributed by atoms with van der Waals surface area (Å²) in [5.74, 6) is -1.48. The van der Waals surface area contributed by atoms with Crippen molar-refractivity contribution in [1.82, 2.24) is 6.15 Å². The highest BCUT2D eigenvalue weighted by molar-refractivity contribution is 6.56. The summed E-state index contributed by atoms with van der Waals surface area (Å²) in [7, 11) is 0. The minimum absolute atomic E-state index is 0. The molecule has 0 spiro atoms. The molecule has 3 nitrogen and oxygen atoms in total. The third-order valence-corrected chi connectivity index (χ3v) is 0.667. The van der Waals surface area contributed by atoms with Crippen LogP contribution in [0.5, 0.6) is 0 Å². The minimum atomic E-state index is -1.75. The summed E-state index contributed by atoms with van der Waals surface area (Å²) in [6.07, 6.45) is 0. The largest absolute Gasteiger partial charge is 0.547 e. The SMILES string of the molecule is CC(Cl)(Cl)C(=O)[O-].[NH4+]. The minimum Gasteiger partial charge on any atom is -0.547 e. The van der Waals surface area contributed by atoms with Crippen molar-refractivity contribution in [2.45, 2.75) is 11.3 Å². The Morgan fingerprint density at radius 1 is 1.62 bits per heavy atom. The van der Waals surface area contributed by atoms with Crippen molar-refractivity contribution in [2.24, 2.45) is 0 Å². The van der Waals surface area contributed by atoms with E-state index in [1.807, 2.05) is 0 Å². The molecular weight excluding hydrogens is 153 g/mol. The van der Waals surface area contributed by atoms with Crippen molar-refractivity contribution >= 4 is 29.2 Å². The van der Waals surface area contributed by atoms with Gasteiger partial charge in [-0.25, -0.2) is 0 Å². The van der Waals surface area contributed by atoms with E-state index >= 15 is 0 Å². The predicted molar refractivity (Wildman–Crippen MR) is 31.1 cm³/mol. The summed E-state index contributed by atoms with van der Waals surface area (Å²) in [4.78, 5) is 9.65. The second kappa shape index (κ2) is 3.12. The molecule has 0 aromatic rings. The average molecular weight is 160 g/mol. The summed E-state index contributed by atoms with van der Waals surface area (Å²) in [6, 6.07) is 0. The summed E-state index contributed by atoms with van der Waals surface area (Å²) in [5, 5.41) is 9.65. The lowest BCUT2D eigenvalue weighted by molar-refractivity contribution is -0.306. The Bertz CT molecular complexity index is 87.8. The number of carbonyl (C=O) groups excluding carboxylic acids is 1. The molecule has 0 atom stereocenters. The molecule has 50 valence electrons. The second-order valence-corrected chi connectivity index (χ2v) is 2.88. The van der Waals surface area contributed by atoms with E-state index in [0.717, 1.165) is 6.92 Å². The summed E-state index contributed by atoms with van der Waals surface area (Å²) < 4.78 is -1.75. The standard InChI is InChI=1S/C3H4Cl2O2.H3N/c1-3(4,5)2(6)7;/h1H3,(H,6,7);1H3. The van der Waals surface area contributed by atoms with E-state index < -0.39 is 10.3 Å². The lowest BCUT2D eigenvalue weighted by Gasteiger charge is -2.12. The molecule has 0 saturated heterocycles. The molecule has 0 aliphatic heterocycles. The van der Waals surface area contributed by atoms with Crippen molar-refractivity contribution in [3.8, 4) is 0 Å². The number of carbonyl (C=O) groups is 1. The van der Waals surface area contributed by atoms with E-state index in [1.54, 1.807) is 0 Å². The van der Waals surface area contributed by atoms with Gasteiger partial charge in [-0.15, -0.1) is 0 Å². The van der Waals surface area contributed by atoms with E-state index in [-0.39, 0.29) is 6.15 Å². The van der Waals surface area contributed by atoms with Gasteiger partial charge in [0, 0.05) is 0 Å². The van der Waals surface area contributed by atoms with Gasteiger partial charge in [-0.3, -0.25) is 0 Å². The quantitative estimate of drug-likeness (QED) is 0.560. The van der Waals surface area contributed by atoms with Gasteiger partial charge in [0.1, 0.15) is 0 Å². The van der Waals surface area contributed by atoms with Crippen LogP contribution in [0.3, 0.4) is 0 Å². The third-order valence-electron chi connectivity index (χ3n) is 0.358. The van der Waals surface area contributed by atoms with Gasteiger partial charge in [0.25, 0.3) is 0 Å². The van der Waals surface area contributed by atoms with Crippen LogP contribution in [0.2, 0.25) is 0 Å². The number of halogens is 2. The fourth-order valence-electron chi connectivity index (χ4n) is 0. The first-order valence-electron chi connectivity index (χ1n) is 1.54. The third kappa shape index (κ3) is 4.18. The zero-order valence-corrected chi connectivity index (χ0v) is 6.08. The Kier molecular flexibility index (Phi) is 4.25. The van der Waals surface area contributed by atoms with Crippen molar-refractivity contribution in [1.29, 1.82) is 0 Å². The van der Waals surface area contributed by atoms with Crippen LogP contribution < -0.4 is 11.3 Å². The van der Waals surface area contributed by atoms with Crippen LogP contribution in [-0.4, -0.2) is 10.3 Å². The molecule has 5 heteroatoms. The topological polar surface area (TPSA) is 76.6 Å². The first kappa shape index (κ1) is 10.9. The number of rotatable bonds is 1. The smallest absolute Gasteiger partial charge is 0.154 e. The van der Waals surface area contributed by atoms with E-state index in [2.05, 4.69) is 0 Å². The van der Waals surface area contributed by atoms with Gasteiger partial charge in [-0.05, 0) is 6.92 Å². The molecule has 0 unspecified atom stereocenters. The van der Waals surface area contributed by atoms with Gasteiger partial charge in [-0.1, -0.05) is 23.2 Å². The zero-order valence-electron chi connectivity index (χ0n) is 4.57. The maximum Gasteiger partial charge on any atom is 0.154 e.